The molecule has 2 aliphatic heterocycles. The second-order valence-electron chi connectivity index (χ2n) is 8.68. The molecule has 0 aromatic rings. The molecule has 0 aliphatic carbocycles. The summed E-state index contributed by atoms with van der Waals surface area (Å²) >= 11 is 0. The Balaban J connectivity index is 2.13. The number of hydrogen-bond acceptors (Lipinski definition) is 11. The molecule has 0 aromatic carbocycles. The van der Waals surface area contributed by atoms with E-state index in [2.05, 4.69) is 0 Å². The van der Waals surface area contributed by atoms with E-state index in [9.17, 15) is 44.1 Å². The molecule has 2 amide bonds. The van der Waals surface area contributed by atoms with Gasteiger partial charge in [0.05, 0.1) is 26.2 Å². The van der Waals surface area contributed by atoms with E-state index in [1.807, 2.05) is 0 Å². The summed E-state index contributed by atoms with van der Waals surface area (Å²) in [7, 11) is 0. The van der Waals surface area contributed by atoms with Crippen molar-refractivity contribution in [3.8, 4) is 0 Å². The van der Waals surface area contributed by atoms with Gasteiger partial charge in [0, 0.05) is 65.2 Å². The van der Waals surface area contributed by atoms with Gasteiger partial charge in [0.15, 0.2) is 0 Å². The fraction of sp³-hybridized carbons (Fsp3) is 0.714. The van der Waals surface area contributed by atoms with Crippen molar-refractivity contribution >= 4 is 35.7 Å². The lowest BCUT2D eigenvalue weighted by Crippen LogP contribution is -2.46. The maximum atomic E-state index is 12.5. The van der Waals surface area contributed by atoms with Gasteiger partial charge in [-0.2, -0.15) is 0 Å². The normalized spacial score (nSPS) is 20.4. The number of carbonyl (C=O) groups is 6. The molecule has 2 saturated heterocycles. The van der Waals surface area contributed by atoms with Crippen molar-refractivity contribution in [1.29, 1.82) is 0 Å². The van der Waals surface area contributed by atoms with Crippen LogP contribution in [0.15, 0.2) is 0 Å². The predicted octanol–water partition coefficient (Wildman–Crippen LogP) is -2.54. The molecule has 202 valence electrons. The second kappa shape index (κ2) is 14.4. The van der Waals surface area contributed by atoms with Crippen molar-refractivity contribution in [2.24, 2.45) is 0 Å². The Morgan fingerprint density at radius 2 is 0.917 bits per heavy atom. The first-order valence-electron chi connectivity index (χ1n) is 11.6. The summed E-state index contributed by atoms with van der Waals surface area (Å²) in [6, 6.07) is 0. The standard InChI is InChI=1S/C21H33N5O10/c27-16-2-3-17(28)26(16)36-21(35)15-25-10-7-23(13-19(31)32)5-1-4-22(12-18(29)30)6-8-24(9-11-25)14-20(33)34/h1-15H2,(H,29,30)(H,31,32)(H,33,34). The Labute approximate surface area is 207 Å². The molecule has 36 heavy (non-hydrogen) atoms. The van der Waals surface area contributed by atoms with Gasteiger partial charge in [-0.25, -0.2) is 4.79 Å². The zero-order valence-electron chi connectivity index (χ0n) is 20.0. The summed E-state index contributed by atoms with van der Waals surface area (Å²) in [6.45, 7) is 1.19. The number of amides is 2. The van der Waals surface area contributed by atoms with E-state index < -0.39 is 35.7 Å². The summed E-state index contributed by atoms with van der Waals surface area (Å²) in [4.78, 5) is 81.4. The molecular weight excluding hydrogens is 482 g/mol. The first-order valence-corrected chi connectivity index (χ1v) is 11.6. The quantitative estimate of drug-likeness (QED) is 0.272. The van der Waals surface area contributed by atoms with Crippen LogP contribution in [0.2, 0.25) is 0 Å². The van der Waals surface area contributed by atoms with Crippen molar-refractivity contribution < 1.29 is 48.9 Å². The van der Waals surface area contributed by atoms with Crippen molar-refractivity contribution in [3.05, 3.63) is 0 Å². The number of carboxylic acid groups (broad SMARTS) is 3. The molecule has 0 spiro atoms. The van der Waals surface area contributed by atoms with Gasteiger partial charge in [-0.1, -0.05) is 0 Å². The van der Waals surface area contributed by atoms with E-state index in [0.717, 1.165) is 0 Å². The Bertz CT molecular complexity index is 822. The fourth-order valence-electron chi connectivity index (χ4n) is 3.99. The highest BCUT2D eigenvalue weighted by Crippen LogP contribution is 2.12. The van der Waals surface area contributed by atoms with Gasteiger partial charge in [-0.05, 0) is 6.42 Å². The van der Waals surface area contributed by atoms with E-state index in [0.29, 0.717) is 31.1 Å². The highest BCUT2D eigenvalue weighted by atomic mass is 16.7. The molecule has 3 N–H and O–H groups in total. The molecule has 0 aromatic heterocycles. The second-order valence-corrected chi connectivity index (χ2v) is 8.68. The largest absolute Gasteiger partial charge is 0.480 e. The lowest BCUT2D eigenvalue weighted by molar-refractivity contribution is -0.198. The molecule has 2 rings (SSSR count). The third-order valence-electron chi connectivity index (χ3n) is 5.77. The minimum atomic E-state index is -1.06. The Morgan fingerprint density at radius 3 is 1.28 bits per heavy atom. The molecular formula is C21H33N5O10. The van der Waals surface area contributed by atoms with Gasteiger partial charge >= 0.3 is 23.9 Å². The van der Waals surface area contributed by atoms with Crippen LogP contribution in [0.5, 0.6) is 0 Å². The van der Waals surface area contributed by atoms with Crippen LogP contribution in [0.4, 0.5) is 0 Å². The van der Waals surface area contributed by atoms with Crippen LogP contribution in [-0.2, 0) is 33.6 Å². The number of hydrogen-bond donors (Lipinski definition) is 3. The van der Waals surface area contributed by atoms with E-state index in [-0.39, 0.29) is 71.7 Å². The van der Waals surface area contributed by atoms with Crippen LogP contribution in [-0.4, -0.2) is 154 Å². The minimum Gasteiger partial charge on any atom is -0.480 e. The fourth-order valence-corrected chi connectivity index (χ4v) is 3.99. The van der Waals surface area contributed by atoms with Crippen LogP contribution in [0.3, 0.4) is 0 Å². The van der Waals surface area contributed by atoms with Gasteiger partial charge in [0.25, 0.3) is 11.8 Å². The third kappa shape index (κ3) is 10.6. The molecule has 0 atom stereocenters. The SMILES string of the molecule is O=C(O)CN1CCCN(CC(=O)O)CCN(CC(=O)ON2C(=O)CCC2=O)CCN(CC(=O)O)CC1. The van der Waals surface area contributed by atoms with Gasteiger partial charge in [0.2, 0.25) is 0 Å². The number of rotatable bonds is 9. The predicted molar refractivity (Wildman–Crippen MR) is 120 cm³/mol. The number of hydroxylamine groups is 2. The van der Waals surface area contributed by atoms with E-state index in [1.165, 1.54) is 0 Å². The van der Waals surface area contributed by atoms with Crippen molar-refractivity contribution in [1.82, 2.24) is 24.7 Å². The maximum Gasteiger partial charge on any atom is 0.347 e. The molecule has 0 bridgehead atoms. The molecule has 15 nitrogen and oxygen atoms in total. The summed E-state index contributed by atoms with van der Waals surface area (Å²) in [5, 5.41) is 28.2. The molecule has 0 radical (unpaired) electrons. The van der Waals surface area contributed by atoms with Crippen LogP contribution >= 0.6 is 0 Å². The summed E-state index contributed by atoms with van der Waals surface area (Å²) in [5.41, 5.74) is 0. The lowest BCUT2D eigenvalue weighted by atomic mass is 10.3. The molecule has 0 unspecified atom stereocenters. The van der Waals surface area contributed by atoms with Crippen molar-refractivity contribution in [3.63, 3.8) is 0 Å². The molecule has 2 fully saturated rings. The van der Waals surface area contributed by atoms with E-state index >= 15 is 0 Å². The van der Waals surface area contributed by atoms with E-state index in [4.69, 9.17) is 4.84 Å². The monoisotopic (exact) mass is 515 g/mol. The molecule has 2 aliphatic rings. The minimum absolute atomic E-state index is 0.0387. The van der Waals surface area contributed by atoms with Gasteiger partial charge in [0.1, 0.15) is 0 Å². The topological polar surface area (TPSA) is 189 Å². The van der Waals surface area contributed by atoms with Crippen molar-refractivity contribution in [2.45, 2.75) is 19.3 Å². The highest BCUT2D eigenvalue weighted by molar-refractivity contribution is 6.01. The summed E-state index contributed by atoms with van der Waals surface area (Å²) in [6.07, 6.45) is 0.409. The summed E-state index contributed by atoms with van der Waals surface area (Å²) in [5.74, 6) is -5.18. The molecule has 15 heteroatoms. The highest BCUT2D eigenvalue weighted by Gasteiger charge is 2.33. The average molecular weight is 516 g/mol. The lowest BCUT2D eigenvalue weighted by Gasteiger charge is -2.28. The van der Waals surface area contributed by atoms with Gasteiger partial charge in [-0.3, -0.25) is 43.6 Å². The summed E-state index contributed by atoms with van der Waals surface area (Å²) < 4.78 is 0. The third-order valence-corrected chi connectivity index (χ3v) is 5.77. The zero-order valence-corrected chi connectivity index (χ0v) is 20.0. The number of aliphatic carboxylic acids is 3. The van der Waals surface area contributed by atoms with Gasteiger partial charge < -0.3 is 20.2 Å². The molecule has 2 heterocycles. The zero-order chi connectivity index (χ0) is 26.7. The van der Waals surface area contributed by atoms with Crippen molar-refractivity contribution in [2.75, 3.05) is 78.5 Å². The number of nitrogens with zero attached hydrogens (tertiary/aromatic N) is 5. The van der Waals surface area contributed by atoms with Crippen LogP contribution in [0.1, 0.15) is 19.3 Å². The van der Waals surface area contributed by atoms with Crippen LogP contribution in [0, 0.1) is 0 Å². The van der Waals surface area contributed by atoms with Crippen LogP contribution < -0.4 is 0 Å². The number of imide groups is 1. The van der Waals surface area contributed by atoms with E-state index in [1.54, 1.807) is 19.6 Å². The maximum absolute atomic E-state index is 12.5. The smallest absolute Gasteiger partial charge is 0.347 e. The van der Waals surface area contributed by atoms with Crippen LogP contribution in [0.25, 0.3) is 0 Å². The Kier molecular flexibility index (Phi) is 11.7. The number of carboxylic acids is 3. The van der Waals surface area contributed by atoms with Gasteiger partial charge in [-0.15, -0.1) is 5.06 Å². The molecule has 0 saturated carbocycles. The first-order chi connectivity index (χ1) is 17.0. The first kappa shape index (κ1) is 29.1. The Morgan fingerprint density at radius 1 is 0.583 bits per heavy atom. The number of carbonyl (C=O) groups excluding carboxylic acids is 3. The average Bonchev–Trinajstić information content (AvgIpc) is 3.09. The Hall–Kier alpha value is -3.14.